The molecule has 0 radical (unpaired) electrons. The Morgan fingerprint density at radius 1 is 0.385 bits per heavy atom. The lowest BCUT2D eigenvalue weighted by molar-refractivity contribution is 0.669. The van der Waals surface area contributed by atoms with Crippen molar-refractivity contribution >= 4 is 75.1 Å². The SMILES string of the molecule is c1ccc(-c2cc(-c3ccc4c(c3)oc3ccccc34)nc(-c3ccc4nc(-c5ccccc5)c5ccc6sc7ccccc7c6c5c4c3)n2)cc1. The van der Waals surface area contributed by atoms with Gasteiger partial charge in [0.2, 0.25) is 0 Å². The van der Waals surface area contributed by atoms with E-state index in [1.807, 2.05) is 47.7 Å². The summed E-state index contributed by atoms with van der Waals surface area (Å²) in [5.41, 5.74) is 9.37. The molecule has 4 aromatic heterocycles. The summed E-state index contributed by atoms with van der Waals surface area (Å²) < 4.78 is 8.82. The highest BCUT2D eigenvalue weighted by molar-refractivity contribution is 7.26. The Bertz CT molecular complexity index is 3180. The molecule has 0 atom stereocenters. The number of hydrogen-bond donors (Lipinski definition) is 0. The molecule has 5 heteroatoms. The van der Waals surface area contributed by atoms with Crippen molar-refractivity contribution in [2.45, 2.75) is 0 Å². The van der Waals surface area contributed by atoms with Crippen LogP contribution in [0.15, 0.2) is 168 Å². The molecule has 7 aromatic carbocycles. The fraction of sp³-hybridized carbons (Fsp3) is 0. The van der Waals surface area contributed by atoms with Crippen LogP contribution in [0.25, 0.3) is 109 Å². The molecule has 0 saturated heterocycles. The molecule has 0 aliphatic carbocycles. The van der Waals surface area contributed by atoms with Crippen LogP contribution < -0.4 is 0 Å². The molecule has 242 valence electrons. The average molecular weight is 682 g/mol. The number of benzene rings is 7. The molecule has 0 spiro atoms. The summed E-state index contributed by atoms with van der Waals surface area (Å²) in [5.74, 6) is 0.658. The quantitative estimate of drug-likeness (QED) is 0.174. The van der Waals surface area contributed by atoms with E-state index < -0.39 is 0 Å². The number of furan rings is 1. The largest absolute Gasteiger partial charge is 0.456 e. The summed E-state index contributed by atoms with van der Waals surface area (Å²) in [7, 11) is 0. The smallest absolute Gasteiger partial charge is 0.160 e. The van der Waals surface area contributed by atoms with E-state index in [1.165, 1.54) is 25.6 Å². The minimum atomic E-state index is 0.658. The maximum atomic E-state index is 6.28. The van der Waals surface area contributed by atoms with Gasteiger partial charge in [-0.2, -0.15) is 0 Å². The summed E-state index contributed by atoms with van der Waals surface area (Å²) in [6.45, 7) is 0. The number of para-hydroxylation sites is 1. The second-order valence-corrected chi connectivity index (χ2v) is 14.2. The Hall–Kier alpha value is -6.69. The van der Waals surface area contributed by atoms with Crippen LogP contribution in [0, 0.1) is 0 Å². The van der Waals surface area contributed by atoms with Gasteiger partial charge in [0.15, 0.2) is 5.82 Å². The third-order valence-electron chi connectivity index (χ3n) is 10.1. The monoisotopic (exact) mass is 681 g/mol. The van der Waals surface area contributed by atoms with Crippen LogP contribution in [0.4, 0.5) is 0 Å². The number of hydrogen-bond acceptors (Lipinski definition) is 5. The van der Waals surface area contributed by atoms with Crippen LogP contribution in [-0.2, 0) is 0 Å². The maximum Gasteiger partial charge on any atom is 0.160 e. The molecule has 0 fully saturated rings. The van der Waals surface area contributed by atoms with Gasteiger partial charge in [0.25, 0.3) is 0 Å². The molecule has 0 aliphatic heterocycles. The van der Waals surface area contributed by atoms with Crippen molar-refractivity contribution in [3.05, 3.63) is 164 Å². The predicted molar refractivity (Wildman–Crippen MR) is 217 cm³/mol. The molecule has 52 heavy (non-hydrogen) atoms. The number of rotatable bonds is 4. The lowest BCUT2D eigenvalue weighted by atomic mass is 9.95. The molecular formula is C47H27N3OS. The molecule has 4 heterocycles. The number of nitrogens with zero attached hydrogens (tertiary/aromatic N) is 3. The van der Waals surface area contributed by atoms with Gasteiger partial charge >= 0.3 is 0 Å². The molecule has 0 amide bonds. The molecule has 11 rings (SSSR count). The Labute approximate surface area is 302 Å². The van der Waals surface area contributed by atoms with E-state index in [9.17, 15) is 0 Å². The van der Waals surface area contributed by atoms with Crippen molar-refractivity contribution in [1.29, 1.82) is 0 Å². The first-order valence-electron chi connectivity index (χ1n) is 17.3. The summed E-state index contributed by atoms with van der Waals surface area (Å²) in [4.78, 5) is 15.8. The number of thiophene rings is 1. The van der Waals surface area contributed by atoms with Crippen LogP contribution in [-0.4, -0.2) is 15.0 Å². The predicted octanol–water partition coefficient (Wildman–Crippen LogP) is 13.1. The van der Waals surface area contributed by atoms with E-state index in [0.717, 1.165) is 77.6 Å². The van der Waals surface area contributed by atoms with Gasteiger partial charge in [-0.1, -0.05) is 109 Å². The van der Waals surface area contributed by atoms with Crippen molar-refractivity contribution in [2.24, 2.45) is 0 Å². The standard InChI is InChI=1S/C47H27N3OS/c1-3-11-28(12-4-1)38-27-39(30-19-21-33-32-15-7-9-17-40(32)51-41(33)26-30)50-47(49-38)31-20-23-37-36(25-31)44-35(46(48-37)29-13-5-2-6-14-29)22-24-43-45(44)34-16-8-10-18-42(34)52-43/h1-27H. The van der Waals surface area contributed by atoms with Gasteiger partial charge in [-0.05, 0) is 54.6 Å². The summed E-state index contributed by atoms with van der Waals surface area (Å²) in [5, 5.41) is 8.14. The highest BCUT2D eigenvalue weighted by Gasteiger charge is 2.19. The Morgan fingerprint density at radius 3 is 1.90 bits per heavy atom. The fourth-order valence-corrected chi connectivity index (χ4v) is 8.74. The van der Waals surface area contributed by atoms with Crippen LogP contribution in [0.1, 0.15) is 0 Å². The van der Waals surface area contributed by atoms with Gasteiger partial charge < -0.3 is 4.42 Å². The van der Waals surface area contributed by atoms with Crippen molar-refractivity contribution in [1.82, 2.24) is 15.0 Å². The Morgan fingerprint density at radius 2 is 1.06 bits per heavy atom. The summed E-state index contributed by atoms with van der Waals surface area (Å²) in [6.07, 6.45) is 0. The third kappa shape index (κ3) is 4.57. The van der Waals surface area contributed by atoms with E-state index in [1.54, 1.807) is 0 Å². The molecule has 0 aliphatic rings. The average Bonchev–Trinajstić information content (AvgIpc) is 3.79. The van der Waals surface area contributed by atoms with Gasteiger partial charge in [-0.15, -0.1) is 11.3 Å². The van der Waals surface area contributed by atoms with E-state index in [-0.39, 0.29) is 0 Å². The number of fused-ring (bicyclic) bond motifs is 10. The number of pyridine rings is 1. The first-order valence-corrected chi connectivity index (χ1v) is 18.2. The first-order chi connectivity index (χ1) is 25.7. The fourth-order valence-electron chi connectivity index (χ4n) is 7.63. The minimum Gasteiger partial charge on any atom is -0.456 e. The highest BCUT2D eigenvalue weighted by atomic mass is 32.1. The molecule has 11 aromatic rings. The van der Waals surface area contributed by atoms with Gasteiger partial charge in [0, 0.05) is 69.4 Å². The molecule has 0 unspecified atom stereocenters. The van der Waals surface area contributed by atoms with Crippen LogP contribution in [0.5, 0.6) is 0 Å². The Balaban J connectivity index is 1.18. The van der Waals surface area contributed by atoms with Crippen LogP contribution in [0.3, 0.4) is 0 Å². The highest BCUT2D eigenvalue weighted by Crippen LogP contribution is 2.44. The van der Waals surface area contributed by atoms with Gasteiger partial charge in [-0.3, -0.25) is 0 Å². The minimum absolute atomic E-state index is 0.658. The topological polar surface area (TPSA) is 51.8 Å². The summed E-state index contributed by atoms with van der Waals surface area (Å²) in [6, 6.07) is 57.1. The van der Waals surface area contributed by atoms with Crippen molar-refractivity contribution in [3.8, 4) is 45.2 Å². The number of aromatic nitrogens is 3. The maximum absolute atomic E-state index is 6.28. The van der Waals surface area contributed by atoms with Crippen LogP contribution >= 0.6 is 11.3 Å². The lowest BCUT2D eigenvalue weighted by Crippen LogP contribution is -1.97. The van der Waals surface area contributed by atoms with Crippen molar-refractivity contribution in [2.75, 3.05) is 0 Å². The second kappa shape index (κ2) is 11.4. The van der Waals surface area contributed by atoms with Gasteiger partial charge in [0.05, 0.1) is 22.6 Å². The zero-order chi connectivity index (χ0) is 34.2. The Kier molecular flexibility index (Phi) is 6.39. The first kappa shape index (κ1) is 29.1. The molecule has 0 bridgehead atoms. The summed E-state index contributed by atoms with van der Waals surface area (Å²) >= 11 is 1.84. The zero-order valence-electron chi connectivity index (χ0n) is 27.7. The third-order valence-corrected chi connectivity index (χ3v) is 11.2. The molecule has 0 N–H and O–H groups in total. The van der Waals surface area contributed by atoms with Crippen LogP contribution in [0.2, 0.25) is 0 Å². The van der Waals surface area contributed by atoms with E-state index >= 15 is 0 Å². The lowest BCUT2D eigenvalue weighted by Gasteiger charge is -2.13. The molecule has 0 saturated carbocycles. The second-order valence-electron chi connectivity index (χ2n) is 13.2. The van der Waals surface area contributed by atoms with E-state index in [4.69, 9.17) is 19.4 Å². The van der Waals surface area contributed by atoms with Gasteiger partial charge in [-0.25, -0.2) is 15.0 Å². The van der Waals surface area contributed by atoms with Gasteiger partial charge in [0.1, 0.15) is 11.2 Å². The van der Waals surface area contributed by atoms with Crippen molar-refractivity contribution in [3.63, 3.8) is 0 Å². The normalized spacial score (nSPS) is 11.8. The van der Waals surface area contributed by atoms with E-state index in [0.29, 0.717) is 5.82 Å². The molecule has 4 nitrogen and oxygen atoms in total. The molecular weight excluding hydrogens is 655 g/mol. The zero-order valence-corrected chi connectivity index (χ0v) is 28.6. The van der Waals surface area contributed by atoms with Crippen molar-refractivity contribution < 1.29 is 4.42 Å². The van der Waals surface area contributed by atoms with E-state index in [2.05, 4.69) is 127 Å².